The molecule has 2 aromatic carbocycles. The summed E-state index contributed by atoms with van der Waals surface area (Å²) >= 11 is 4.61. The van der Waals surface area contributed by atoms with Crippen LogP contribution in [0.15, 0.2) is 52.0 Å². The van der Waals surface area contributed by atoms with E-state index >= 15 is 0 Å². The summed E-state index contributed by atoms with van der Waals surface area (Å²) < 4.78 is 6.88. The van der Waals surface area contributed by atoms with Gasteiger partial charge in [0.05, 0.1) is 23.1 Å². The van der Waals surface area contributed by atoms with Crippen LogP contribution >= 0.6 is 27.3 Å². The number of amides is 1. The minimum Gasteiger partial charge on any atom is -0.496 e. The lowest BCUT2D eigenvalue weighted by Crippen LogP contribution is -2.16. The van der Waals surface area contributed by atoms with E-state index in [1.54, 1.807) is 25.3 Å². The van der Waals surface area contributed by atoms with Gasteiger partial charge >= 0.3 is 0 Å². The third-order valence-electron chi connectivity index (χ3n) is 3.50. The molecule has 0 spiro atoms. The highest BCUT2D eigenvalue weighted by Crippen LogP contribution is 2.29. The summed E-state index contributed by atoms with van der Waals surface area (Å²) in [6.45, 7) is 0. The zero-order chi connectivity index (χ0) is 18.7. The zero-order valence-corrected chi connectivity index (χ0v) is 15.8. The average Bonchev–Trinajstić information content (AvgIpc) is 3.05. The third-order valence-corrected chi connectivity index (χ3v) is 5.10. The number of hydrazone groups is 1. The molecule has 0 unspecified atom stereocenters. The summed E-state index contributed by atoms with van der Waals surface area (Å²) in [6, 6.07) is 11.5. The molecule has 0 saturated carbocycles. The fourth-order valence-electron chi connectivity index (χ4n) is 2.28. The first-order chi connectivity index (χ1) is 12.5. The first-order valence-electron chi connectivity index (χ1n) is 7.33. The summed E-state index contributed by atoms with van der Waals surface area (Å²) in [5, 5.41) is 15.4. The number of carbonyl (C=O) groups excluding carboxylic acids is 1. The second-order valence-corrected chi connectivity index (χ2v) is 7.17. The van der Waals surface area contributed by atoms with E-state index in [-0.39, 0.29) is 11.6 Å². The van der Waals surface area contributed by atoms with Crippen LogP contribution < -0.4 is 10.2 Å². The van der Waals surface area contributed by atoms with Crippen molar-refractivity contribution >= 4 is 55.2 Å². The van der Waals surface area contributed by atoms with Crippen molar-refractivity contribution in [3.8, 4) is 5.75 Å². The van der Waals surface area contributed by atoms with Gasteiger partial charge in [-0.15, -0.1) is 11.3 Å². The molecule has 0 bridgehead atoms. The second kappa shape index (κ2) is 7.63. The lowest BCUT2D eigenvalue weighted by molar-refractivity contribution is -0.384. The number of hydrogen-bond acceptors (Lipinski definition) is 6. The van der Waals surface area contributed by atoms with Gasteiger partial charge in [-0.25, -0.2) is 5.43 Å². The van der Waals surface area contributed by atoms with Crippen molar-refractivity contribution < 1.29 is 14.5 Å². The van der Waals surface area contributed by atoms with Gasteiger partial charge in [-0.2, -0.15) is 5.10 Å². The number of nitrogens with zero attached hydrogens (tertiary/aromatic N) is 2. The normalized spacial score (nSPS) is 11.0. The highest BCUT2D eigenvalue weighted by molar-refractivity contribution is 9.10. The molecule has 0 fully saturated rings. The van der Waals surface area contributed by atoms with Crippen molar-refractivity contribution in [2.75, 3.05) is 7.11 Å². The molecule has 3 rings (SSSR count). The summed E-state index contributed by atoms with van der Waals surface area (Å²) in [7, 11) is 1.55. The van der Waals surface area contributed by atoms with Crippen LogP contribution in [-0.4, -0.2) is 24.2 Å². The van der Waals surface area contributed by atoms with E-state index in [0.29, 0.717) is 21.6 Å². The van der Waals surface area contributed by atoms with Gasteiger partial charge in [0.1, 0.15) is 5.75 Å². The highest BCUT2D eigenvalue weighted by atomic mass is 79.9. The summed E-state index contributed by atoms with van der Waals surface area (Å²) in [6.07, 6.45) is 1.49. The lowest BCUT2D eigenvalue weighted by atomic mass is 10.2. The third kappa shape index (κ3) is 3.89. The summed E-state index contributed by atoms with van der Waals surface area (Å²) in [5.74, 6) is 0.236. The molecule has 9 heteroatoms. The summed E-state index contributed by atoms with van der Waals surface area (Å²) in [5.41, 5.74) is 3.14. The van der Waals surface area contributed by atoms with Crippen LogP contribution in [0.3, 0.4) is 0 Å². The van der Waals surface area contributed by atoms with Crippen molar-refractivity contribution in [3.63, 3.8) is 0 Å². The van der Waals surface area contributed by atoms with Crippen LogP contribution in [0.25, 0.3) is 10.1 Å². The van der Waals surface area contributed by atoms with E-state index in [4.69, 9.17) is 4.74 Å². The molecule has 132 valence electrons. The topological polar surface area (TPSA) is 93.8 Å². The molecule has 1 N–H and O–H groups in total. The maximum atomic E-state index is 12.3. The highest BCUT2D eigenvalue weighted by Gasteiger charge is 2.13. The number of nitro benzene ring substituents is 1. The molecule has 0 aliphatic rings. The zero-order valence-electron chi connectivity index (χ0n) is 13.4. The minimum absolute atomic E-state index is 0.0120. The lowest BCUT2D eigenvalue weighted by Gasteiger charge is -2.04. The molecule has 0 saturated heterocycles. The second-order valence-electron chi connectivity index (χ2n) is 5.18. The fraction of sp³-hybridized carbons (Fsp3) is 0.0588. The number of methoxy groups -OCH3 is 1. The van der Waals surface area contributed by atoms with Crippen molar-refractivity contribution in [2.45, 2.75) is 0 Å². The molecule has 7 nitrogen and oxygen atoms in total. The maximum Gasteiger partial charge on any atom is 0.281 e. The predicted molar refractivity (Wildman–Crippen MR) is 104 cm³/mol. The van der Waals surface area contributed by atoms with Crippen LogP contribution in [0, 0.1) is 10.1 Å². The number of non-ortho nitro benzene ring substituents is 1. The first kappa shape index (κ1) is 18.0. The number of thiophene rings is 1. The van der Waals surface area contributed by atoms with Gasteiger partial charge < -0.3 is 4.74 Å². The number of ether oxygens (including phenoxy) is 1. The van der Waals surface area contributed by atoms with Crippen LogP contribution in [0.4, 0.5) is 5.69 Å². The Morgan fingerprint density at radius 2 is 2.12 bits per heavy atom. The fourth-order valence-corrected chi connectivity index (χ4v) is 3.59. The Morgan fingerprint density at radius 1 is 1.31 bits per heavy atom. The molecule has 1 amide bonds. The Hall–Kier alpha value is -2.78. The van der Waals surface area contributed by atoms with Crippen molar-refractivity contribution in [2.24, 2.45) is 5.10 Å². The van der Waals surface area contributed by atoms with Crippen molar-refractivity contribution in [1.82, 2.24) is 5.43 Å². The van der Waals surface area contributed by atoms with E-state index in [0.717, 1.165) is 9.17 Å². The predicted octanol–water partition coefficient (Wildman–Crippen LogP) is 4.34. The van der Waals surface area contributed by atoms with Gasteiger partial charge in [-0.1, -0.05) is 15.9 Å². The van der Waals surface area contributed by atoms with Crippen LogP contribution in [0.2, 0.25) is 0 Å². The Labute approximate surface area is 160 Å². The molecule has 3 aromatic rings. The van der Waals surface area contributed by atoms with Gasteiger partial charge in [-0.05, 0) is 30.3 Å². The minimum atomic E-state index is -0.466. The first-order valence-corrected chi connectivity index (χ1v) is 8.94. The molecular weight excluding hydrogens is 422 g/mol. The SMILES string of the molecule is COc1ccc(Br)cc1C=NNC(=O)c1cc2cc([N+](=O)[O-])ccc2s1. The maximum absolute atomic E-state index is 12.3. The number of fused-ring (bicyclic) bond motifs is 1. The number of benzene rings is 2. The van der Waals surface area contributed by atoms with E-state index < -0.39 is 4.92 Å². The number of nitrogens with one attached hydrogen (secondary N) is 1. The molecule has 0 aliphatic carbocycles. The van der Waals surface area contributed by atoms with Gasteiger partial charge in [0.2, 0.25) is 0 Å². The number of nitro groups is 1. The smallest absolute Gasteiger partial charge is 0.281 e. The molecular formula is C17H12BrN3O4S. The van der Waals surface area contributed by atoms with Crippen molar-refractivity contribution in [3.05, 3.63) is 67.5 Å². The van der Waals surface area contributed by atoms with E-state index in [9.17, 15) is 14.9 Å². The van der Waals surface area contributed by atoms with Gasteiger partial charge in [0.25, 0.3) is 11.6 Å². The molecule has 0 atom stereocenters. The Morgan fingerprint density at radius 3 is 2.85 bits per heavy atom. The number of hydrogen-bond donors (Lipinski definition) is 1. The Bertz CT molecular complexity index is 1030. The summed E-state index contributed by atoms with van der Waals surface area (Å²) in [4.78, 5) is 23.0. The van der Waals surface area contributed by atoms with Crippen LogP contribution in [0.1, 0.15) is 15.2 Å². The van der Waals surface area contributed by atoms with Gasteiger partial charge in [0, 0.05) is 32.3 Å². The number of halogens is 1. The monoisotopic (exact) mass is 433 g/mol. The average molecular weight is 434 g/mol. The Balaban J connectivity index is 1.77. The van der Waals surface area contributed by atoms with Crippen LogP contribution in [0.5, 0.6) is 5.75 Å². The van der Waals surface area contributed by atoms with E-state index in [1.807, 2.05) is 12.1 Å². The van der Waals surface area contributed by atoms with Gasteiger partial charge in [0.15, 0.2) is 0 Å². The number of carbonyl (C=O) groups is 1. The molecule has 1 heterocycles. The largest absolute Gasteiger partial charge is 0.496 e. The molecule has 26 heavy (non-hydrogen) atoms. The Kier molecular flexibility index (Phi) is 5.29. The van der Waals surface area contributed by atoms with E-state index in [2.05, 4.69) is 26.5 Å². The standard InChI is InChI=1S/C17H12BrN3O4S/c1-25-14-4-2-12(18)6-11(14)9-19-20-17(22)16-8-10-7-13(21(23)24)3-5-15(10)26-16/h2-9H,1H3,(H,20,22). The van der Waals surface area contributed by atoms with Crippen molar-refractivity contribution in [1.29, 1.82) is 0 Å². The molecule has 1 aromatic heterocycles. The molecule has 0 radical (unpaired) electrons. The van der Waals surface area contributed by atoms with E-state index in [1.165, 1.54) is 29.7 Å². The number of rotatable bonds is 5. The van der Waals surface area contributed by atoms with Gasteiger partial charge in [-0.3, -0.25) is 14.9 Å². The quantitative estimate of drug-likeness (QED) is 0.367. The van der Waals surface area contributed by atoms with Crippen LogP contribution in [-0.2, 0) is 0 Å². The molecule has 0 aliphatic heterocycles.